The van der Waals surface area contributed by atoms with E-state index in [1.54, 1.807) is 0 Å². The Morgan fingerprint density at radius 3 is 2.31 bits per heavy atom. The van der Waals surface area contributed by atoms with Crippen LogP contribution in [0.4, 0.5) is 0 Å². The Morgan fingerprint density at radius 2 is 1.55 bits per heavy atom. The standard InChI is InChI=1S/C26H25NO2/c1-19-26(23-14-8-9-15-24(23)27-19)22(16-25(28)21-12-6-3-7-13-21)18-29-17-20-10-4-2-5-11-20/h2-15,22,27H,16-18H2,1H3/t22-/m0/s1. The van der Waals surface area contributed by atoms with E-state index in [2.05, 4.69) is 36.2 Å². The van der Waals surface area contributed by atoms with Crippen molar-refractivity contribution in [2.75, 3.05) is 6.61 Å². The maximum atomic E-state index is 13.0. The molecule has 1 atom stereocenters. The monoisotopic (exact) mass is 383 g/mol. The first kappa shape index (κ1) is 19.2. The Morgan fingerprint density at radius 1 is 0.897 bits per heavy atom. The van der Waals surface area contributed by atoms with Crippen molar-refractivity contribution in [3.05, 3.63) is 107 Å². The van der Waals surface area contributed by atoms with E-state index in [4.69, 9.17) is 4.74 Å². The fraction of sp³-hybridized carbons (Fsp3) is 0.192. The summed E-state index contributed by atoms with van der Waals surface area (Å²) in [5.74, 6) is 0.131. The molecule has 1 aromatic heterocycles. The molecule has 4 rings (SSSR count). The summed E-state index contributed by atoms with van der Waals surface area (Å²) in [7, 11) is 0. The van der Waals surface area contributed by atoms with E-state index in [1.165, 1.54) is 10.9 Å². The van der Waals surface area contributed by atoms with Gasteiger partial charge in [-0.15, -0.1) is 0 Å². The average molecular weight is 383 g/mol. The molecule has 0 aliphatic heterocycles. The van der Waals surface area contributed by atoms with Crippen molar-refractivity contribution >= 4 is 16.7 Å². The maximum absolute atomic E-state index is 13.0. The summed E-state index contributed by atoms with van der Waals surface area (Å²) >= 11 is 0. The van der Waals surface area contributed by atoms with Crippen molar-refractivity contribution in [3.8, 4) is 0 Å². The third-order valence-electron chi connectivity index (χ3n) is 5.31. The SMILES string of the molecule is Cc1[nH]c2ccccc2c1[C@H](COCc1ccccc1)CC(=O)c1ccccc1. The van der Waals surface area contributed by atoms with Gasteiger partial charge in [-0.1, -0.05) is 78.9 Å². The van der Waals surface area contributed by atoms with Gasteiger partial charge in [0.05, 0.1) is 13.2 Å². The zero-order valence-electron chi connectivity index (χ0n) is 16.6. The summed E-state index contributed by atoms with van der Waals surface area (Å²) in [4.78, 5) is 16.4. The number of H-pyrrole nitrogens is 1. The lowest BCUT2D eigenvalue weighted by molar-refractivity contribution is 0.0868. The molecule has 0 saturated carbocycles. The summed E-state index contributed by atoms with van der Waals surface area (Å²) in [6.45, 7) is 3.11. The number of fused-ring (bicyclic) bond motifs is 1. The predicted molar refractivity (Wildman–Crippen MR) is 117 cm³/mol. The van der Waals surface area contributed by atoms with Crippen LogP contribution in [-0.4, -0.2) is 17.4 Å². The number of para-hydroxylation sites is 1. The summed E-state index contributed by atoms with van der Waals surface area (Å²) in [5.41, 5.74) is 5.26. The van der Waals surface area contributed by atoms with Gasteiger partial charge in [0.1, 0.15) is 0 Å². The van der Waals surface area contributed by atoms with E-state index in [0.29, 0.717) is 19.6 Å². The molecule has 3 heteroatoms. The Kier molecular flexibility index (Phi) is 5.87. The zero-order chi connectivity index (χ0) is 20.1. The minimum Gasteiger partial charge on any atom is -0.376 e. The van der Waals surface area contributed by atoms with Crippen LogP contribution in [-0.2, 0) is 11.3 Å². The number of rotatable bonds is 8. The van der Waals surface area contributed by atoms with Crippen molar-refractivity contribution in [2.24, 2.45) is 0 Å². The second kappa shape index (κ2) is 8.89. The second-order valence-corrected chi connectivity index (χ2v) is 7.40. The van der Waals surface area contributed by atoms with Crippen LogP contribution in [0.2, 0.25) is 0 Å². The number of ether oxygens (including phenoxy) is 1. The van der Waals surface area contributed by atoms with Crippen molar-refractivity contribution in [2.45, 2.75) is 25.9 Å². The van der Waals surface area contributed by atoms with E-state index in [0.717, 1.165) is 22.3 Å². The van der Waals surface area contributed by atoms with Crippen LogP contribution in [0.3, 0.4) is 0 Å². The smallest absolute Gasteiger partial charge is 0.163 e. The molecule has 0 saturated heterocycles. The van der Waals surface area contributed by atoms with Gasteiger partial charge in [-0.2, -0.15) is 0 Å². The number of carbonyl (C=O) groups excluding carboxylic acids is 1. The zero-order valence-corrected chi connectivity index (χ0v) is 16.6. The lowest BCUT2D eigenvalue weighted by atomic mass is 9.90. The van der Waals surface area contributed by atoms with Gasteiger partial charge in [0.2, 0.25) is 0 Å². The van der Waals surface area contributed by atoms with E-state index in [9.17, 15) is 4.79 Å². The molecule has 1 N–H and O–H groups in total. The van der Waals surface area contributed by atoms with E-state index in [1.807, 2.05) is 60.7 Å². The summed E-state index contributed by atoms with van der Waals surface area (Å²) in [6.07, 6.45) is 0.418. The highest BCUT2D eigenvalue weighted by atomic mass is 16.5. The number of benzene rings is 3. The first-order chi connectivity index (χ1) is 14.2. The summed E-state index contributed by atoms with van der Waals surface area (Å²) in [5, 5.41) is 1.17. The van der Waals surface area contributed by atoms with Crippen LogP contribution in [0.5, 0.6) is 0 Å². The topological polar surface area (TPSA) is 42.1 Å². The van der Waals surface area contributed by atoms with E-state index >= 15 is 0 Å². The maximum Gasteiger partial charge on any atom is 0.163 e. The van der Waals surface area contributed by atoms with Gasteiger partial charge < -0.3 is 9.72 Å². The van der Waals surface area contributed by atoms with E-state index < -0.39 is 0 Å². The molecule has 3 nitrogen and oxygen atoms in total. The second-order valence-electron chi connectivity index (χ2n) is 7.40. The molecule has 29 heavy (non-hydrogen) atoms. The van der Waals surface area contributed by atoms with Crippen LogP contribution in [0.1, 0.15) is 39.5 Å². The normalized spacial score (nSPS) is 12.2. The number of Topliss-reactive ketones (excluding diaryl/α,β-unsaturated/α-hetero) is 1. The van der Waals surface area contributed by atoms with Crippen molar-refractivity contribution in [3.63, 3.8) is 0 Å². The quantitative estimate of drug-likeness (QED) is 0.376. The largest absolute Gasteiger partial charge is 0.376 e. The molecular formula is C26H25NO2. The van der Waals surface area contributed by atoms with E-state index in [-0.39, 0.29) is 11.7 Å². The molecule has 0 radical (unpaired) electrons. The van der Waals surface area contributed by atoms with Gasteiger partial charge in [0.15, 0.2) is 5.78 Å². The number of aromatic amines is 1. The number of carbonyl (C=O) groups is 1. The Balaban J connectivity index is 1.59. The number of hydrogen-bond acceptors (Lipinski definition) is 2. The average Bonchev–Trinajstić information content (AvgIpc) is 3.10. The fourth-order valence-corrected chi connectivity index (χ4v) is 3.93. The summed E-state index contributed by atoms with van der Waals surface area (Å²) < 4.78 is 6.08. The van der Waals surface area contributed by atoms with Gasteiger partial charge in [-0.3, -0.25) is 4.79 Å². The molecule has 1 heterocycles. The molecule has 0 unspecified atom stereocenters. The van der Waals surface area contributed by atoms with Crippen LogP contribution >= 0.6 is 0 Å². The number of ketones is 1. The van der Waals surface area contributed by atoms with Crippen molar-refractivity contribution in [1.82, 2.24) is 4.98 Å². The van der Waals surface area contributed by atoms with Gasteiger partial charge >= 0.3 is 0 Å². The third-order valence-corrected chi connectivity index (χ3v) is 5.31. The van der Waals surface area contributed by atoms with Crippen molar-refractivity contribution < 1.29 is 9.53 Å². The number of aromatic nitrogens is 1. The molecule has 0 aliphatic carbocycles. The van der Waals surface area contributed by atoms with Crippen LogP contribution in [0.15, 0.2) is 84.9 Å². The molecule has 0 bridgehead atoms. The molecule has 146 valence electrons. The molecule has 0 amide bonds. The highest BCUT2D eigenvalue weighted by Gasteiger charge is 2.23. The summed E-state index contributed by atoms with van der Waals surface area (Å²) in [6, 6.07) is 27.9. The van der Waals surface area contributed by atoms with Gasteiger partial charge in [0.25, 0.3) is 0 Å². The lowest BCUT2D eigenvalue weighted by Crippen LogP contribution is -2.14. The van der Waals surface area contributed by atoms with Crippen molar-refractivity contribution in [1.29, 1.82) is 0 Å². The third kappa shape index (κ3) is 4.47. The number of nitrogens with one attached hydrogen (secondary N) is 1. The molecule has 3 aromatic carbocycles. The Labute approximate surface area is 171 Å². The van der Waals surface area contributed by atoms with Gasteiger partial charge in [-0.05, 0) is 24.1 Å². The first-order valence-corrected chi connectivity index (χ1v) is 9.99. The predicted octanol–water partition coefficient (Wildman–Crippen LogP) is 6.05. The van der Waals surface area contributed by atoms with Crippen LogP contribution < -0.4 is 0 Å². The number of hydrogen-bond donors (Lipinski definition) is 1. The minimum atomic E-state index is -0.0115. The Hall–Kier alpha value is -3.17. The molecule has 4 aromatic rings. The highest BCUT2D eigenvalue weighted by molar-refractivity contribution is 5.97. The molecule has 0 spiro atoms. The van der Waals surface area contributed by atoms with Crippen LogP contribution in [0, 0.1) is 6.92 Å². The first-order valence-electron chi connectivity index (χ1n) is 9.99. The van der Waals surface area contributed by atoms with Gasteiger partial charge in [-0.25, -0.2) is 0 Å². The molecular weight excluding hydrogens is 358 g/mol. The molecule has 0 aliphatic rings. The van der Waals surface area contributed by atoms with Crippen LogP contribution in [0.25, 0.3) is 10.9 Å². The molecule has 0 fully saturated rings. The Bertz CT molecular complexity index is 1080. The highest BCUT2D eigenvalue weighted by Crippen LogP contribution is 2.32. The fourth-order valence-electron chi connectivity index (χ4n) is 3.93. The minimum absolute atomic E-state index is 0.0115. The lowest BCUT2D eigenvalue weighted by Gasteiger charge is -2.18. The van der Waals surface area contributed by atoms with Gasteiger partial charge in [0, 0.05) is 34.5 Å². The number of aryl methyl sites for hydroxylation is 1.